The highest BCUT2D eigenvalue weighted by Gasteiger charge is 2.11. The third kappa shape index (κ3) is 1.76. The van der Waals surface area contributed by atoms with Crippen LogP contribution in [0.4, 0.5) is 0 Å². The number of hydrogen-bond donors (Lipinski definition) is 0. The monoisotopic (exact) mass is 222 g/mol. The summed E-state index contributed by atoms with van der Waals surface area (Å²) in [4.78, 5) is 20.4. The Morgan fingerprint density at radius 2 is 1.94 bits per heavy atom. The van der Waals surface area contributed by atoms with Crippen LogP contribution in [0, 0.1) is 0 Å². The van der Waals surface area contributed by atoms with Crippen LogP contribution in [0.5, 0.6) is 0 Å². The minimum Gasteiger partial charge on any atom is -0.267 e. The standard InChI is InChI=1S/C14H10N2O/c17-14-11-5-3-9-15-13(11)8-7-10-4-1-2-6-12(10)16-14/h1-7,9H,8H2. The lowest BCUT2D eigenvalue weighted by Crippen LogP contribution is -2.27. The van der Waals surface area contributed by atoms with Gasteiger partial charge in [0.15, 0.2) is 0 Å². The molecule has 0 atom stereocenters. The quantitative estimate of drug-likeness (QED) is 0.664. The molecule has 3 heteroatoms. The van der Waals surface area contributed by atoms with Crippen LogP contribution < -0.4 is 10.6 Å². The molecule has 1 amide bonds. The number of rotatable bonds is 0. The number of carbonyl (C=O) groups is 1. The summed E-state index contributed by atoms with van der Waals surface area (Å²) in [6, 6.07) is 11.2. The first-order valence-electron chi connectivity index (χ1n) is 5.47. The molecule has 0 aliphatic carbocycles. The van der Waals surface area contributed by atoms with E-state index in [1.807, 2.05) is 24.3 Å². The van der Waals surface area contributed by atoms with E-state index in [1.54, 1.807) is 18.3 Å². The second-order valence-corrected chi connectivity index (χ2v) is 3.88. The van der Waals surface area contributed by atoms with E-state index in [0.717, 1.165) is 16.3 Å². The Kier molecular flexibility index (Phi) is 2.29. The van der Waals surface area contributed by atoms with Crippen LogP contribution in [0.2, 0.25) is 0 Å². The van der Waals surface area contributed by atoms with Gasteiger partial charge in [-0.25, -0.2) is 4.99 Å². The molecule has 0 saturated heterocycles. The zero-order valence-electron chi connectivity index (χ0n) is 9.13. The van der Waals surface area contributed by atoms with Gasteiger partial charge in [-0.3, -0.25) is 9.78 Å². The molecule has 0 bridgehead atoms. The molecule has 82 valence electrons. The fraction of sp³-hybridized carbons (Fsp3) is 0.0714. The molecule has 0 N–H and O–H groups in total. The van der Waals surface area contributed by atoms with Crippen molar-refractivity contribution in [3.8, 4) is 0 Å². The van der Waals surface area contributed by atoms with Gasteiger partial charge in [-0.15, -0.1) is 0 Å². The van der Waals surface area contributed by atoms with Gasteiger partial charge in [0.1, 0.15) is 0 Å². The van der Waals surface area contributed by atoms with E-state index in [0.29, 0.717) is 12.0 Å². The van der Waals surface area contributed by atoms with Crippen LogP contribution in [0.25, 0.3) is 6.08 Å². The van der Waals surface area contributed by atoms with Crippen LogP contribution in [0.1, 0.15) is 16.1 Å². The Morgan fingerprint density at radius 3 is 2.88 bits per heavy atom. The number of nitrogens with zero attached hydrogens (tertiary/aromatic N) is 2. The number of benzene rings is 1. The summed E-state index contributed by atoms with van der Waals surface area (Å²) in [5.41, 5.74) is 1.38. The lowest BCUT2D eigenvalue weighted by Gasteiger charge is -2.04. The summed E-state index contributed by atoms with van der Waals surface area (Å²) in [6.45, 7) is 0. The van der Waals surface area contributed by atoms with Crippen molar-refractivity contribution in [3.63, 3.8) is 0 Å². The maximum Gasteiger partial charge on any atom is 0.279 e. The zero-order chi connectivity index (χ0) is 11.7. The zero-order valence-corrected chi connectivity index (χ0v) is 9.13. The Labute approximate surface area is 98.2 Å². The Balaban J connectivity index is 2.30. The predicted octanol–water partition coefficient (Wildman–Crippen LogP) is 0.878. The second-order valence-electron chi connectivity index (χ2n) is 3.88. The maximum atomic E-state index is 12.0. The molecule has 1 aromatic carbocycles. The molecule has 2 aromatic rings. The summed E-state index contributed by atoms with van der Waals surface area (Å²) in [5.74, 6) is -0.214. The summed E-state index contributed by atoms with van der Waals surface area (Å²) >= 11 is 0. The Hall–Kier alpha value is -2.29. The Bertz CT molecular complexity index is 704. The molecule has 2 heterocycles. The van der Waals surface area contributed by atoms with E-state index < -0.39 is 0 Å². The molecule has 17 heavy (non-hydrogen) atoms. The van der Waals surface area contributed by atoms with Gasteiger partial charge in [0.05, 0.1) is 16.6 Å². The van der Waals surface area contributed by atoms with Gasteiger partial charge >= 0.3 is 0 Å². The summed E-state index contributed by atoms with van der Waals surface area (Å²) in [6.07, 6.45) is 4.42. The Morgan fingerprint density at radius 1 is 1.06 bits per heavy atom. The van der Waals surface area contributed by atoms with Crippen LogP contribution in [0.15, 0.2) is 47.6 Å². The number of para-hydroxylation sites is 1. The number of amides is 1. The molecule has 3 rings (SSSR count). The molecule has 0 radical (unpaired) electrons. The second kappa shape index (κ2) is 3.94. The van der Waals surface area contributed by atoms with E-state index in [-0.39, 0.29) is 5.91 Å². The molecule has 1 aromatic heterocycles. The molecule has 0 fully saturated rings. The van der Waals surface area contributed by atoms with E-state index in [9.17, 15) is 4.79 Å². The summed E-state index contributed by atoms with van der Waals surface area (Å²) in [7, 11) is 0. The molecule has 1 aliphatic rings. The highest BCUT2D eigenvalue weighted by atomic mass is 16.1. The van der Waals surface area contributed by atoms with Crippen molar-refractivity contribution in [2.45, 2.75) is 6.42 Å². The first kappa shape index (κ1) is 9.90. The van der Waals surface area contributed by atoms with E-state index in [4.69, 9.17) is 0 Å². The van der Waals surface area contributed by atoms with E-state index in [2.05, 4.69) is 16.1 Å². The number of fused-ring (bicyclic) bond motifs is 2. The van der Waals surface area contributed by atoms with Gasteiger partial charge in [0.25, 0.3) is 5.91 Å². The van der Waals surface area contributed by atoms with Gasteiger partial charge in [-0.1, -0.05) is 24.3 Å². The fourth-order valence-electron chi connectivity index (χ4n) is 1.93. The van der Waals surface area contributed by atoms with Gasteiger partial charge in [0.2, 0.25) is 0 Å². The lowest BCUT2D eigenvalue weighted by molar-refractivity contribution is 0.0997. The fourth-order valence-corrected chi connectivity index (χ4v) is 1.93. The van der Waals surface area contributed by atoms with Gasteiger partial charge < -0.3 is 0 Å². The predicted molar refractivity (Wildman–Crippen MR) is 64.0 cm³/mol. The van der Waals surface area contributed by atoms with Crippen molar-refractivity contribution in [2.24, 2.45) is 4.99 Å². The third-order valence-electron chi connectivity index (χ3n) is 2.79. The van der Waals surface area contributed by atoms with Gasteiger partial charge in [0, 0.05) is 12.6 Å². The van der Waals surface area contributed by atoms with Crippen molar-refractivity contribution in [1.82, 2.24) is 4.98 Å². The summed E-state index contributed by atoms with van der Waals surface area (Å²) < 4.78 is 0. The largest absolute Gasteiger partial charge is 0.279 e. The molecule has 0 spiro atoms. The van der Waals surface area contributed by atoms with Crippen molar-refractivity contribution in [1.29, 1.82) is 0 Å². The van der Waals surface area contributed by atoms with Gasteiger partial charge in [-0.05, 0) is 23.4 Å². The van der Waals surface area contributed by atoms with E-state index >= 15 is 0 Å². The highest BCUT2D eigenvalue weighted by molar-refractivity contribution is 5.96. The minimum absolute atomic E-state index is 0.214. The molecular formula is C14H10N2O. The van der Waals surface area contributed by atoms with Crippen LogP contribution in [-0.2, 0) is 6.42 Å². The normalized spacial score (nSPS) is 13.5. The van der Waals surface area contributed by atoms with Crippen molar-refractivity contribution in [3.05, 3.63) is 64.4 Å². The average molecular weight is 222 g/mol. The first-order chi connectivity index (χ1) is 8.34. The molecule has 0 unspecified atom stereocenters. The van der Waals surface area contributed by atoms with Crippen molar-refractivity contribution in [2.75, 3.05) is 0 Å². The smallest absolute Gasteiger partial charge is 0.267 e. The van der Waals surface area contributed by atoms with Crippen LogP contribution in [0.3, 0.4) is 0 Å². The average Bonchev–Trinajstić information content (AvgIpc) is 2.36. The lowest BCUT2D eigenvalue weighted by atomic mass is 10.1. The summed E-state index contributed by atoms with van der Waals surface area (Å²) in [5, 5.41) is 1.71. The van der Waals surface area contributed by atoms with Crippen molar-refractivity contribution >= 4 is 12.0 Å². The van der Waals surface area contributed by atoms with E-state index in [1.165, 1.54) is 0 Å². The highest BCUT2D eigenvalue weighted by Crippen LogP contribution is 2.08. The van der Waals surface area contributed by atoms with Gasteiger partial charge in [-0.2, -0.15) is 0 Å². The van der Waals surface area contributed by atoms with Crippen LogP contribution in [-0.4, -0.2) is 10.9 Å². The number of pyridine rings is 1. The third-order valence-corrected chi connectivity index (χ3v) is 2.79. The molecule has 0 saturated carbocycles. The SMILES string of the molecule is O=C1N=c2ccccc2=CCc2ncccc21. The first-order valence-corrected chi connectivity index (χ1v) is 5.47. The molecule has 1 aliphatic heterocycles. The minimum atomic E-state index is -0.214. The number of aromatic nitrogens is 1. The van der Waals surface area contributed by atoms with Crippen LogP contribution >= 0.6 is 0 Å². The molecular weight excluding hydrogens is 212 g/mol. The van der Waals surface area contributed by atoms with Crippen molar-refractivity contribution < 1.29 is 4.79 Å². The topological polar surface area (TPSA) is 42.3 Å². The molecule has 3 nitrogen and oxygen atoms in total. The number of hydrogen-bond acceptors (Lipinski definition) is 2. The maximum absolute atomic E-state index is 12.0. The number of carbonyl (C=O) groups excluding carboxylic acids is 1.